The average molecular weight is 334 g/mol. The quantitative estimate of drug-likeness (QED) is 0.594. The third-order valence-corrected chi connectivity index (χ3v) is 3.34. The van der Waals surface area contributed by atoms with Gasteiger partial charge < -0.3 is 4.74 Å². The van der Waals surface area contributed by atoms with Crippen LogP contribution in [0.5, 0.6) is 0 Å². The van der Waals surface area contributed by atoms with Crippen LogP contribution in [0.3, 0.4) is 0 Å². The molecule has 0 heterocycles. The van der Waals surface area contributed by atoms with E-state index in [2.05, 4.69) is 15.9 Å². The van der Waals surface area contributed by atoms with E-state index in [1.54, 1.807) is 6.92 Å². The molecule has 1 aromatic rings. The molecule has 0 unspecified atom stereocenters. The summed E-state index contributed by atoms with van der Waals surface area (Å²) in [5.74, 6) is -0.277. The monoisotopic (exact) mass is 332 g/mol. The Morgan fingerprint density at radius 3 is 2.61 bits per heavy atom. The SMILES string of the molecule is CCOC(=O)Cc1ccc(CC(=O)CCl)c(Br)c1. The van der Waals surface area contributed by atoms with Crippen LogP contribution in [0.4, 0.5) is 0 Å². The number of rotatable bonds is 6. The predicted octanol–water partition coefficient (Wildman–Crippen LogP) is 2.91. The fourth-order valence-corrected chi connectivity index (χ4v) is 2.14. The number of carbonyl (C=O) groups is 2. The highest BCUT2D eigenvalue weighted by atomic mass is 79.9. The van der Waals surface area contributed by atoms with E-state index in [0.29, 0.717) is 13.0 Å². The van der Waals surface area contributed by atoms with Crippen molar-refractivity contribution in [3.63, 3.8) is 0 Å². The first-order valence-corrected chi connectivity index (χ1v) is 6.90. The molecule has 1 aromatic carbocycles. The van der Waals surface area contributed by atoms with Crippen molar-refractivity contribution >= 4 is 39.3 Å². The van der Waals surface area contributed by atoms with E-state index in [0.717, 1.165) is 15.6 Å². The Morgan fingerprint density at radius 1 is 1.33 bits per heavy atom. The number of esters is 1. The second-order valence-corrected chi connectivity index (χ2v) is 4.88. The van der Waals surface area contributed by atoms with Crippen LogP contribution >= 0.6 is 27.5 Å². The predicted molar refractivity (Wildman–Crippen MR) is 73.9 cm³/mol. The van der Waals surface area contributed by atoms with E-state index < -0.39 is 0 Å². The van der Waals surface area contributed by atoms with Crippen molar-refractivity contribution in [1.82, 2.24) is 0 Å². The first kappa shape index (κ1) is 15.2. The minimum absolute atomic E-state index is 0.0109. The standard InChI is InChI=1S/C13H14BrClO3/c1-2-18-13(17)6-9-3-4-10(12(14)5-9)7-11(16)8-15/h3-5H,2,6-8H2,1H3. The highest BCUT2D eigenvalue weighted by Gasteiger charge is 2.09. The molecule has 0 fully saturated rings. The lowest BCUT2D eigenvalue weighted by Gasteiger charge is -2.06. The van der Waals surface area contributed by atoms with E-state index >= 15 is 0 Å². The Balaban J connectivity index is 2.73. The maximum Gasteiger partial charge on any atom is 0.310 e. The Hall–Kier alpha value is -0.870. The van der Waals surface area contributed by atoms with Crippen molar-refractivity contribution in [3.8, 4) is 0 Å². The third-order valence-electron chi connectivity index (χ3n) is 2.31. The van der Waals surface area contributed by atoms with Crippen molar-refractivity contribution in [3.05, 3.63) is 33.8 Å². The second kappa shape index (κ2) is 7.54. The molecule has 0 aliphatic rings. The molecule has 5 heteroatoms. The van der Waals surface area contributed by atoms with Gasteiger partial charge in [-0.05, 0) is 24.1 Å². The first-order valence-electron chi connectivity index (χ1n) is 5.57. The van der Waals surface area contributed by atoms with Gasteiger partial charge in [0.25, 0.3) is 0 Å². The summed E-state index contributed by atoms with van der Waals surface area (Å²) in [6, 6.07) is 5.47. The van der Waals surface area contributed by atoms with Crippen LogP contribution < -0.4 is 0 Å². The van der Waals surface area contributed by atoms with Crippen molar-refractivity contribution in [2.45, 2.75) is 19.8 Å². The Bertz CT molecular complexity index is 446. The molecule has 0 spiro atoms. The number of ether oxygens (including phenoxy) is 1. The number of halogens is 2. The second-order valence-electron chi connectivity index (χ2n) is 3.76. The van der Waals surface area contributed by atoms with E-state index in [1.165, 1.54) is 0 Å². The van der Waals surface area contributed by atoms with E-state index in [9.17, 15) is 9.59 Å². The van der Waals surface area contributed by atoms with Crippen molar-refractivity contribution < 1.29 is 14.3 Å². The number of benzene rings is 1. The molecule has 0 N–H and O–H groups in total. The maximum atomic E-state index is 11.3. The molecule has 3 nitrogen and oxygen atoms in total. The summed E-state index contributed by atoms with van der Waals surface area (Å²) in [5, 5.41) is 0. The molecule has 0 saturated heterocycles. The van der Waals surface area contributed by atoms with Gasteiger partial charge >= 0.3 is 5.97 Å². The summed E-state index contributed by atoms with van der Waals surface area (Å²) < 4.78 is 5.68. The molecular weight excluding hydrogens is 319 g/mol. The minimum Gasteiger partial charge on any atom is -0.466 e. The molecule has 1 rings (SSSR count). The third kappa shape index (κ3) is 4.78. The Kier molecular flexibility index (Phi) is 6.36. The van der Waals surface area contributed by atoms with E-state index in [1.807, 2.05) is 18.2 Å². The van der Waals surface area contributed by atoms with Gasteiger partial charge in [-0.25, -0.2) is 0 Å². The van der Waals surface area contributed by atoms with Crippen LogP contribution in [0.15, 0.2) is 22.7 Å². The van der Waals surface area contributed by atoms with Crippen LogP contribution in [0.1, 0.15) is 18.1 Å². The molecule has 0 aliphatic heterocycles. The fraction of sp³-hybridized carbons (Fsp3) is 0.385. The summed E-state index contributed by atoms with van der Waals surface area (Å²) >= 11 is 8.85. The van der Waals surface area contributed by atoms with Crippen molar-refractivity contribution in [1.29, 1.82) is 0 Å². The van der Waals surface area contributed by atoms with Gasteiger partial charge in [-0.15, -0.1) is 11.6 Å². The summed E-state index contributed by atoms with van der Waals surface area (Å²) in [4.78, 5) is 22.6. The minimum atomic E-state index is -0.256. The van der Waals surface area contributed by atoms with Crippen LogP contribution in [-0.4, -0.2) is 24.2 Å². The zero-order valence-corrected chi connectivity index (χ0v) is 12.4. The van der Waals surface area contributed by atoms with E-state index in [-0.39, 0.29) is 24.1 Å². The molecule has 0 saturated carbocycles. The van der Waals surface area contributed by atoms with Gasteiger partial charge in [0.1, 0.15) is 0 Å². The normalized spacial score (nSPS) is 10.2. The van der Waals surface area contributed by atoms with Crippen LogP contribution in [0, 0.1) is 0 Å². The zero-order chi connectivity index (χ0) is 13.5. The number of hydrogen-bond donors (Lipinski definition) is 0. The highest BCUT2D eigenvalue weighted by molar-refractivity contribution is 9.10. The zero-order valence-electron chi connectivity index (χ0n) is 10.0. The summed E-state index contributed by atoms with van der Waals surface area (Å²) in [6.07, 6.45) is 0.528. The van der Waals surface area contributed by atoms with Gasteiger partial charge in [-0.2, -0.15) is 0 Å². The van der Waals surface area contributed by atoms with Crippen LogP contribution in [0.25, 0.3) is 0 Å². The molecule has 0 radical (unpaired) electrons. The Labute approximate surface area is 120 Å². The lowest BCUT2D eigenvalue weighted by Crippen LogP contribution is -2.08. The largest absolute Gasteiger partial charge is 0.466 e. The van der Waals surface area contributed by atoms with Gasteiger partial charge in [0, 0.05) is 10.9 Å². The van der Waals surface area contributed by atoms with Gasteiger partial charge in [0.05, 0.1) is 18.9 Å². The molecule has 0 bridgehead atoms. The number of alkyl halides is 1. The number of carbonyl (C=O) groups excluding carboxylic acids is 2. The first-order chi connectivity index (χ1) is 8.56. The highest BCUT2D eigenvalue weighted by Crippen LogP contribution is 2.20. The smallest absolute Gasteiger partial charge is 0.310 e. The topological polar surface area (TPSA) is 43.4 Å². The molecule has 98 valence electrons. The lowest BCUT2D eigenvalue weighted by molar-refractivity contribution is -0.142. The van der Waals surface area contributed by atoms with Crippen LogP contribution in [-0.2, 0) is 27.2 Å². The lowest BCUT2D eigenvalue weighted by atomic mass is 10.1. The molecular formula is C13H14BrClO3. The molecule has 18 heavy (non-hydrogen) atoms. The molecule has 0 atom stereocenters. The van der Waals surface area contributed by atoms with Gasteiger partial charge in [0.2, 0.25) is 0 Å². The number of ketones is 1. The molecule has 0 amide bonds. The molecule has 0 aromatic heterocycles. The average Bonchev–Trinajstić information content (AvgIpc) is 2.32. The summed E-state index contributed by atoms with van der Waals surface area (Å²) in [5.41, 5.74) is 1.72. The van der Waals surface area contributed by atoms with Gasteiger partial charge in [-0.3, -0.25) is 9.59 Å². The van der Waals surface area contributed by atoms with Crippen molar-refractivity contribution in [2.75, 3.05) is 12.5 Å². The summed E-state index contributed by atoms with van der Waals surface area (Å²) in [6.45, 7) is 2.15. The Morgan fingerprint density at radius 2 is 2.06 bits per heavy atom. The van der Waals surface area contributed by atoms with E-state index in [4.69, 9.17) is 16.3 Å². The number of Topliss-reactive ketones (excluding diaryl/α,β-unsaturated/α-hetero) is 1. The van der Waals surface area contributed by atoms with Gasteiger partial charge in [-0.1, -0.05) is 28.1 Å². The van der Waals surface area contributed by atoms with Crippen molar-refractivity contribution in [2.24, 2.45) is 0 Å². The van der Waals surface area contributed by atoms with Gasteiger partial charge in [0.15, 0.2) is 5.78 Å². The maximum absolute atomic E-state index is 11.3. The summed E-state index contributed by atoms with van der Waals surface area (Å²) in [7, 11) is 0. The molecule has 0 aliphatic carbocycles. The fourth-order valence-electron chi connectivity index (χ4n) is 1.48. The van der Waals surface area contributed by atoms with Crippen LogP contribution in [0.2, 0.25) is 0 Å². The number of hydrogen-bond acceptors (Lipinski definition) is 3.